The summed E-state index contributed by atoms with van der Waals surface area (Å²) in [6.07, 6.45) is 9.02. The second kappa shape index (κ2) is 18.4. The van der Waals surface area contributed by atoms with E-state index in [1.54, 1.807) is 38.3 Å². The van der Waals surface area contributed by atoms with Crippen molar-refractivity contribution < 1.29 is 32.3 Å². The van der Waals surface area contributed by atoms with E-state index in [2.05, 4.69) is 30.0 Å². The Bertz CT molecular complexity index is 2530. The summed E-state index contributed by atoms with van der Waals surface area (Å²) in [5.41, 5.74) is 10.2. The van der Waals surface area contributed by atoms with Crippen molar-refractivity contribution in [1.82, 2.24) is 19.6 Å². The van der Waals surface area contributed by atoms with Crippen LogP contribution >= 0.6 is 11.3 Å². The van der Waals surface area contributed by atoms with Crippen molar-refractivity contribution in [2.45, 2.75) is 114 Å². The van der Waals surface area contributed by atoms with Crippen LogP contribution in [0.15, 0.2) is 60.0 Å². The second-order valence-electron chi connectivity index (χ2n) is 17.3. The average Bonchev–Trinajstić information content (AvgIpc) is 4.08. The number of nitrogens with zero attached hydrogens (tertiary/aromatic N) is 4. The smallest absolute Gasteiger partial charge is 0.245 e. The molecule has 3 fully saturated rings. The van der Waals surface area contributed by atoms with Gasteiger partial charge >= 0.3 is 0 Å². The normalized spacial score (nSPS) is 20.8. The molecule has 2 aromatic carbocycles. The third-order valence-corrected chi connectivity index (χ3v) is 15.3. The van der Waals surface area contributed by atoms with Crippen molar-refractivity contribution in [1.29, 1.82) is 5.26 Å². The molecule has 2 saturated carbocycles. The van der Waals surface area contributed by atoms with Crippen molar-refractivity contribution in [2.75, 3.05) is 19.0 Å². The lowest BCUT2D eigenvalue weighted by Crippen LogP contribution is -2.49. The minimum Gasteiger partial charge on any atom is -0.496 e. The molecule has 7 rings (SSSR count). The molecule has 0 spiro atoms. The predicted molar refractivity (Wildman–Crippen MR) is 239 cm³/mol. The summed E-state index contributed by atoms with van der Waals surface area (Å²) < 4.78 is 38.7. The minimum atomic E-state index is -3.64. The van der Waals surface area contributed by atoms with Crippen molar-refractivity contribution in [2.24, 2.45) is 17.6 Å². The maximum Gasteiger partial charge on any atom is 0.245 e. The Kier molecular flexibility index (Phi) is 13.2. The van der Waals surface area contributed by atoms with E-state index < -0.39 is 44.8 Å². The quantitative estimate of drug-likeness (QED) is 0.0638. The van der Waals surface area contributed by atoms with Gasteiger partial charge in [-0.2, -0.15) is 5.26 Å². The number of methoxy groups -OCH3 is 1. The Morgan fingerprint density at radius 3 is 2.58 bits per heavy atom. The number of amides is 3. The molecule has 4 aromatic rings. The Balaban J connectivity index is 1.02. The molecule has 2 aromatic heterocycles. The highest BCUT2D eigenvalue weighted by Crippen LogP contribution is 2.44. The molecule has 1 saturated heterocycles. The number of thiazole rings is 1. The molecular formula is C46H55N7O7S2. The number of aromatic nitrogens is 2. The summed E-state index contributed by atoms with van der Waals surface area (Å²) in [6, 6.07) is 13.1. The van der Waals surface area contributed by atoms with Gasteiger partial charge in [0, 0.05) is 40.4 Å². The Morgan fingerprint density at radius 2 is 1.89 bits per heavy atom. The first-order valence-electron chi connectivity index (χ1n) is 21.3. The molecule has 3 aliphatic rings. The summed E-state index contributed by atoms with van der Waals surface area (Å²) in [4.78, 5) is 51.5. The van der Waals surface area contributed by atoms with Gasteiger partial charge in [-0.25, -0.2) is 18.4 Å². The van der Waals surface area contributed by atoms with Crippen molar-refractivity contribution in [3.8, 4) is 28.3 Å². The van der Waals surface area contributed by atoms with Crippen LogP contribution in [0.1, 0.15) is 101 Å². The van der Waals surface area contributed by atoms with Crippen molar-refractivity contribution >= 4 is 55.7 Å². The van der Waals surface area contributed by atoms with Crippen LogP contribution in [0.2, 0.25) is 0 Å². The number of ether oxygens (including phenoxy) is 2. The predicted octanol–water partition coefficient (Wildman–Crippen LogP) is 7.13. The number of sulfonamides is 1. The van der Waals surface area contributed by atoms with E-state index in [1.165, 1.54) is 16.2 Å². The number of carbonyl (C=O) groups is 3. The average molecular weight is 882 g/mol. The zero-order valence-corrected chi connectivity index (χ0v) is 37.5. The number of hydrogen-bond donors (Lipinski definition) is 3. The fourth-order valence-corrected chi connectivity index (χ4v) is 10.2. The minimum absolute atomic E-state index is 0.0296. The van der Waals surface area contributed by atoms with Gasteiger partial charge in [0.1, 0.15) is 40.4 Å². The lowest BCUT2D eigenvalue weighted by molar-refractivity contribution is -0.138. The van der Waals surface area contributed by atoms with E-state index in [9.17, 15) is 28.1 Å². The van der Waals surface area contributed by atoms with Crippen molar-refractivity contribution in [3.05, 3.63) is 76.8 Å². The third-order valence-electron chi connectivity index (χ3n) is 12.3. The maximum atomic E-state index is 14.5. The standard InChI is InChI=1S/C46H55N7O7S2/c1-27(2)37-26-61-44(51-37)36-23-40(33-16-17-39(59-5)28(3)41(33)50-36)60-32-22-38(42(48)54)53(25-32)45(56)35(49-31-14-11-12-29(20-31)24-47)15-10-8-6-7-9-13-30-21-34(30)43(55)52-62(57,58)46(4)18-19-46/h9,11-14,16-17,20,23,26-27,30,32,34-35,38,49H,6-8,10,15,18-19,21-22,25H2,1-5H3,(H2,48,54)(H,52,55)/b13-9-/t30-,32-,34+,35+,38+/m1/s1. The van der Waals surface area contributed by atoms with Gasteiger partial charge in [0.25, 0.3) is 0 Å². The van der Waals surface area contributed by atoms with E-state index in [4.69, 9.17) is 25.2 Å². The van der Waals surface area contributed by atoms with E-state index in [-0.39, 0.29) is 36.6 Å². The molecule has 0 radical (unpaired) electrons. The number of nitrogens with two attached hydrogens (primary N) is 1. The van der Waals surface area contributed by atoms with Gasteiger partial charge in [-0.3, -0.25) is 19.1 Å². The highest BCUT2D eigenvalue weighted by Gasteiger charge is 2.52. The Labute approximate surface area is 367 Å². The number of anilines is 1. The van der Waals surface area contributed by atoms with E-state index in [0.717, 1.165) is 40.9 Å². The van der Waals surface area contributed by atoms with Crippen molar-refractivity contribution in [3.63, 3.8) is 0 Å². The number of likely N-dealkylation sites (tertiary alicyclic amines) is 1. The van der Waals surface area contributed by atoms with Crippen LogP contribution in [0.25, 0.3) is 21.6 Å². The largest absolute Gasteiger partial charge is 0.496 e. The lowest BCUT2D eigenvalue weighted by Gasteiger charge is -2.28. The van der Waals surface area contributed by atoms with E-state index in [0.29, 0.717) is 66.1 Å². The highest BCUT2D eigenvalue weighted by molar-refractivity contribution is 7.91. The molecule has 328 valence electrons. The molecule has 3 amide bonds. The monoisotopic (exact) mass is 881 g/mol. The number of nitriles is 1. The van der Waals surface area contributed by atoms with E-state index >= 15 is 0 Å². The van der Waals surface area contributed by atoms with Gasteiger partial charge in [-0.05, 0) is 94.5 Å². The fourth-order valence-electron chi connectivity index (χ4n) is 7.95. The summed E-state index contributed by atoms with van der Waals surface area (Å²) in [5.74, 6) is -0.148. The van der Waals surface area contributed by atoms with Gasteiger partial charge in [-0.1, -0.05) is 44.9 Å². The summed E-state index contributed by atoms with van der Waals surface area (Å²) in [6.45, 7) is 7.91. The van der Waals surface area contributed by atoms with Crippen LogP contribution in [0.4, 0.5) is 5.69 Å². The van der Waals surface area contributed by atoms with Gasteiger partial charge < -0.3 is 25.4 Å². The van der Waals surface area contributed by atoms with Gasteiger partial charge in [0.2, 0.25) is 27.7 Å². The topological polar surface area (TPSA) is 207 Å². The first-order valence-corrected chi connectivity index (χ1v) is 23.7. The molecule has 16 heteroatoms. The number of benzene rings is 2. The zero-order chi connectivity index (χ0) is 44.3. The van der Waals surface area contributed by atoms with Crippen LogP contribution < -0.4 is 25.2 Å². The zero-order valence-electron chi connectivity index (χ0n) is 35.8. The van der Waals surface area contributed by atoms with Gasteiger partial charge in [0.05, 0.1) is 41.2 Å². The van der Waals surface area contributed by atoms with Crippen LogP contribution in [-0.2, 0) is 24.4 Å². The number of carbonyl (C=O) groups excluding carboxylic acids is 3. The molecule has 1 aliphatic heterocycles. The lowest BCUT2D eigenvalue weighted by atomic mass is 10.0. The van der Waals surface area contributed by atoms with Crippen LogP contribution in [-0.4, -0.2) is 77.6 Å². The maximum absolute atomic E-state index is 14.5. The summed E-state index contributed by atoms with van der Waals surface area (Å²) in [7, 11) is -2.03. The number of fused-ring (bicyclic) bond motifs is 1. The molecule has 0 unspecified atom stereocenters. The molecule has 14 nitrogen and oxygen atoms in total. The number of primary amides is 1. The molecule has 0 bridgehead atoms. The summed E-state index contributed by atoms with van der Waals surface area (Å²) in [5, 5.41) is 16.4. The van der Waals surface area contributed by atoms with Crippen LogP contribution in [0.5, 0.6) is 11.5 Å². The number of aryl methyl sites for hydroxylation is 1. The first kappa shape index (κ1) is 44.5. The number of hydrogen-bond acceptors (Lipinski definition) is 12. The first-order chi connectivity index (χ1) is 29.6. The molecule has 2 aliphatic carbocycles. The summed E-state index contributed by atoms with van der Waals surface area (Å²) >= 11 is 1.51. The number of nitrogens with one attached hydrogen (secondary N) is 2. The van der Waals surface area contributed by atoms with Gasteiger partial charge in [0.15, 0.2) is 0 Å². The van der Waals surface area contributed by atoms with Crippen LogP contribution in [0.3, 0.4) is 0 Å². The Morgan fingerprint density at radius 1 is 1.10 bits per heavy atom. The molecule has 3 heterocycles. The van der Waals surface area contributed by atoms with Gasteiger partial charge in [-0.15, -0.1) is 11.3 Å². The number of unbranched alkanes of at least 4 members (excludes halogenated alkanes) is 3. The number of rotatable bonds is 19. The molecule has 62 heavy (non-hydrogen) atoms. The fraction of sp³-hybridized carbons (Fsp3) is 0.478. The van der Waals surface area contributed by atoms with Crippen LogP contribution in [0, 0.1) is 30.1 Å². The van der Waals surface area contributed by atoms with E-state index in [1.807, 2.05) is 42.7 Å². The Hall–Kier alpha value is -5.53. The number of pyridine rings is 1. The number of allylic oxidation sites excluding steroid dienone is 2. The molecular weight excluding hydrogens is 827 g/mol. The molecule has 5 atom stereocenters. The molecule has 4 N–H and O–H groups in total. The SMILES string of the molecule is COc1ccc2c(O[C@@H]3C[C@@H](C(N)=O)N(C(=O)[C@H](CCCCC/C=C\[C@@H]4C[C@@H]4C(=O)NS(=O)(=O)C4(C)CC4)Nc4cccc(C#N)c4)C3)cc(-c3nc(C(C)C)cs3)nc2c1C. The third kappa shape index (κ3) is 9.89. The second-order valence-corrected chi connectivity index (χ2v) is 20.3. The highest BCUT2D eigenvalue weighted by atomic mass is 32.2.